The molecule has 0 radical (unpaired) electrons. The lowest BCUT2D eigenvalue weighted by atomic mass is 10.1. The van der Waals surface area contributed by atoms with E-state index in [4.69, 9.17) is 0 Å². The Kier molecular flexibility index (Phi) is 5.36. The van der Waals surface area contributed by atoms with Gasteiger partial charge in [-0.3, -0.25) is 9.69 Å². The molecule has 1 heterocycles. The number of carbonyl (C=O) groups is 1. The van der Waals surface area contributed by atoms with E-state index in [0.29, 0.717) is 23.1 Å². The first-order valence-electron chi connectivity index (χ1n) is 6.14. The van der Waals surface area contributed by atoms with Crippen LogP contribution in [-0.4, -0.2) is 53.8 Å². The molecule has 0 atom stereocenters. The lowest BCUT2D eigenvalue weighted by Crippen LogP contribution is -2.49. The highest BCUT2D eigenvalue weighted by Crippen LogP contribution is 2.17. The highest BCUT2D eigenvalue weighted by Gasteiger charge is 2.22. The molecule has 3 nitrogen and oxygen atoms in total. The van der Waals surface area contributed by atoms with E-state index in [9.17, 15) is 9.18 Å². The second kappa shape index (κ2) is 6.81. The molecule has 1 amide bonds. The van der Waals surface area contributed by atoms with Crippen molar-refractivity contribution >= 4 is 37.8 Å². The van der Waals surface area contributed by atoms with Gasteiger partial charge in [-0.15, -0.1) is 0 Å². The summed E-state index contributed by atoms with van der Waals surface area (Å²) in [6.07, 6.45) is 0. The van der Waals surface area contributed by atoms with E-state index in [1.54, 1.807) is 11.0 Å². The minimum Gasteiger partial charge on any atom is -0.336 e. The maximum atomic E-state index is 13.3. The number of carbonyl (C=O) groups excluding carboxylic acids is 1. The van der Waals surface area contributed by atoms with Crippen LogP contribution in [0.3, 0.4) is 0 Å². The Morgan fingerprint density at radius 2 is 1.89 bits per heavy atom. The van der Waals surface area contributed by atoms with Crippen LogP contribution in [-0.2, 0) is 0 Å². The zero-order chi connectivity index (χ0) is 13.8. The number of halogens is 3. The van der Waals surface area contributed by atoms with Gasteiger partial charge < -0.3 is 4.90 Å². The van der Waals surface area contributed by atoms with Gasteiger partial charge in [-0.25, -0.2) is 4.39 Å². The molecular formula is C13H15Br2FN2O. The topological polar surface area (TPSA) is 23.6 Å². The summed E-state index contributed by atoms with van der Waals surface area (Å²) >= 11 is 6.62. The molecule has 1 aromatic rings. The van der Waals surface area contributed by atoms with Gasteiger partial charge in [0, 0.05) is 48.1 Å². The van der Waals surface area contributed by atoms with E-state index in [2.05, 4.69) is 36.8 Å². The van der Waals surface area contributed by atoms with E-state index >= 15 is 0 Å². The number of hydrogen-bond donors (Lipinski definition) is 0. The van der Waals surface area contributed by atoms with Crippen LogP contribution in [0.1, 0.15) is 10.4 Å². The van der Waals surface area contributed by atoms with Crippen LogP contribution >= 0.6 is 31.9 Å². The normalized spacial score (nSPS) is 16.7. The van der Waals surface area contributed by atoms with Crippen LogP contribution in [0.2, 0.25) is 0 Å². The molecule has 1 saturated heterocycles. The fraction of sp³-hybridized carbons (Fsp3) is 0.462. The number of rotatable bonds is 3. The van der Waals surface area contributed by atoms with Gasteiger partial charge in [0.15, 0.2) is 0 Å². The van der Waals surface area contributed by atoms with Crippen LogP contribution in [0.5, 0.6) is 0 Å². The predicted molar refractivity (Wildman–Crippen MR) is 80.2 cm³/mol. The zero-order valence-electron chi connectivity index (χ0n) is 10.4. The molecule has 2 rings (SSSR count). The molecule has 6 heteroatoms. The summed E-state index contributed by atoms with van der Waals surface area (Å²) in [5.74, 6) is -0.491. The monoisotopic (exact) mass is 392 g/mol. The Morgan fingerprint density at radius 1 is 1.21 bits per heavy atom. The van der Waals surface area contributed by atoms with Crippen molar-refractivity contribution in [3.05, 3.63) is 34.1 Å². The summed E-state index contributed by atoms with van der Waals surface area (Å²) in [5, 5.41) is 0.942. The van der Waals surface area contributed by atoms with Crippen molar-refractivity contribution in [1.29, 1.82) is 0 Å². The zero-order valence-corrected chi connectivity index (χ0v) is 13.6. The Bertz CT molecular complexity index is 442. The van der Waals surface area contributed by atoms with Gasteiger partial charge in [0.2, 0.25) is 0 Å². The average molecular weight is 394 g/mol. The van der Waals surface area contributed by atoms with Crippen LogP contribution in [0.25, 0.3) is 0 Å². The van der Waals surface area contributed by atoms with E-state index in [1.165, 1.54) is 12.1 Å². The third kappa shape index (κ3) is 4.00. The second-order valence-corrected chi connectivity index (χ2v) is 6.19. The SMILES string of the molecule is O=C(c1cc(F)cc(Br)c1)N1CCN(CCBr)CC1. The largest absolute Gasteiger partial charge is 0.336 e. The van der Waals surface area contributed by atoms with Gasteiger partial charge in [-0.2, -0.15) is 0 Å². The molecule has 1 aliphatic heterocycles. The van der Waals surface area contributed by atoms with Crippen LogP contribution in [0.15, 0.2) is 22.7 Å². The van der Waals surface area contributed by atoms with Crippen molar-refractivity contribution < 1.29 is 9.18 Å². The molecule has 0 bridgehead atoms. The molecule has 0 aromatic heterocycles. The Labute approximate surface area is 129 Å². The van der Waals surface area contributed by atoms with Crippen molar-refractivity contribution in [2.45, 2.75) is 0 Å². The molecule has 19 heavy (non-hydrogen) atoms. The number of hydrogen-bond acceptors (Lipinski definition) is 2. The molecular weight excluding hydrogens is 379 g/mol. The quantitative estimate of drug-likeness (QED) is 0.737. The summed E-state index contributed by atoms with van der Waals surface area (Å²) in [6, 6.07) is 4.30. The summed E-state index contributed by atoms with van der Waals surface area (Å²) < 4.78 is 13.9. The van der Waals surface area contributed by atoms with Crippen molar-refractivity contribution in [3.8, 4) is 0 Å². The van der Waals surface area contributed by atoms with Crippen LogP contribution in [0, 0.1) is 5.82 Å². The first kappa shape index (κ1) is 14.9. The smallest absolute Gasteiger partial charge is 0.254 e. The minimum absolute atomic E-state index is 0.0984. The Balaban J connectivity index is 2.01. The fourth-order valence-electron chi connectivity index (χ4n) is 2.15. The molecule has 0 spiro atoms. The first-order valence-corrected chi connectivity index (χ1v) is 8.05. The highest BCUT2D eigenvalue weighted by atomic mass is 79.9. The van der Waals surface area contributed by atoms with Crippen molar-refractivity contribution in [3.63, 3.8) is 0 Å². The summed E-state index contributed by atoms with van der Waals surface area (Å²) in [5.41, 5.74) is 0.404. The van der Waals surface area contributed by atoms with Gasteiger partial charge in [-0.1, -0.05) is 31.9 Å². The van der Waals surface area contributed by atoms with Crippen molar-refractivity contribution in [1.82, 2.24) is 9.80 Å². The standard InChI is InChI=1S/C13H15Br2FN2O/c14-1-2-17-3-5-18(6-4-17)13(19)10-7-11(15)9-12(16)8-10/h7-9H,1-6H2. The number of piperazine rings is 1. The van der Waals surface area contributed by atoms with E-state index in [0.717, 1.165) is 25.0 Å². The minimum atomic E-state index is -0.393. The van der Waals surface area contributed by atoms with E-state index in [1.807, 2.05) is 0 Å². The molecule has 0 unspecified atom stereocenters. The maximum absolute atomic E-state index is 13.3. The number of amides is 1. The maximum Gasteiger partial charge on any atom is 0.254 e. The first-order chi connectivity index (χ1) is 9.10. The van der Waals surface area contributed by atoms with E-state index < -0.39 is 5.82 Å². The van der Waals surface area contributed by atoms with Crippen LogP contribution in [0.4, 0.5) is 4.39 Å². The Morgan fingerprint density at radius 3 is 2.47 bits per heavy atom. The third-order valence-electron chi connectivity index (χ3n) is 3.17. The van der Waals surface area contributed by atoms with Gasteiger partial charge in [0.1, 0.15) is 5.82 Å². The number of nitrogens with zero attached hydrogens (tertiary/aromatic N) is 2. The lowest BCUT2D eigenvalue weighted by molar-refractivity contribution is 0.0644. The number of alkyl halides is 1. The van der Waals surface area contributed by atoms with Gasteiger partial charge in [-0.05, 0) is 18.2 Å². The molecule has 1 aromatic carbocycles. The molecule has 0 saturated carbocycles. The van der Waals surface area contributed by atoms with E-state index in [-0.39, 0.29) is 5.91 Å². The lowest BCUT2D eigenvalue weighted by Gasteiger charge is -2.34. The van der Waals surface area contributed by atoms with Crippen LogP contribution < -0.4 is 0 Å². The summed E-state index contributed by atoms with van der Waals surface area (Å²) in [7, 11) is 0. The van der Waals surface area contributed by atoms with Gasteiger partial charge >= 0.3 is 0 Å². The fourth-order valence-corrected chi connectivity index (χ4v) is 3.12. The Hall–Kier alpha value is -0.460. The van der Waals surface area contributed by atoms with Crippen molar-refractivity contribution in [2.24, 2.45) is 0 Å². The van der Waals surface area contributed by atoms with Gasteiger partial charge in [0.25, 0.3) is 5.91 Å². The predicted octanol–water partition coefficient (Wildman–Crippen LogP) is 2.74. The average Bonchev–Trinajstić information content (AvgIpc) is 2.38. The molecule has 0 aliphatic carbocycles. The van der Waals surface area contributed by atoms with Crippen molar-refractivity contribution in [2.75, 3.05) is 38.1 Å². The summed E-state index contributed by atoms with van der Waals surface area (Å²) in [4.78, 5) is 16.4. The molecule has 1 aliphatic rings. The summed E-state index contributed by atoms with van der Waals surface area (Å²) in [6.45, 7) is 4.12. The number of benzene rings is 1. The third-order valence-corrected chi connectivity index (χ3v) is 3.98. The molecule has 0 N–H and O–H groups in total. The second-order valence-electron chi connectivity index (χ2n) is 4.48. The molecule has 1 fully saturated rings. The molecule has 104 valence electrons. The van der Waals surface area contributed by atoms with Gasteiger partial charge in [0.05, 0.1) is 0 Å². The highest BCUT2D eigenvalue weighted by molar-refractivity contribution is 9.10.